The average molecular weight is 356 g/mol. The topological polar surface area (TPSA) is 101 Å². The first-order valence-electron chi connectivity index (χ1n) is 6.53. The van der Waals surface area contributed by atoms with E-state index in [1.807, 2.05) is 0 Å². The Kier molecular flexibility index (Phi) is 6.49. The second-order valence-electron chi connectivity index (χ2n) is 4.44. The molecule has 0 aliphatic heterocycles. The van der Waals surface area contributed by atoms with E-state index < -0.39 is 32.4 Å². The molecule has 0 aliphatic rings. The molecule has 8 heteroatoms. The molecule has 0 N–H and O–H groups in total. The lowest BCUT2D eigenvalue weighted by Crippen LogP contribution is -2.23. The second-order valence-corrected chi connectivity index (χ2v) is 6.79. The zero-order valence-corrected chi connectivity index (χ0v) is 14.0. The zero-order chi connectivity index (χ0) is 17.6. The molecular weight excluding hydrogens is 342 g/mol. The van der Waals surface area contributed by atoms with Gasteiger partial charge in [-0.05, 0) is 44.2 Å². The highest BCUT2D eigenvalue weighted by Crippen LogP contribution is 2.22. The van der Waals surface area contributed by atoms with Crippen LogP contribution >= 0.6 is 11.6 Å². The summed E-state index contributed by atoms with van der Waals surface area (Å²) in [6, 6.07) is 6.70. The first-order chi connectivity index (χ1) is 10.7. The van der Waals surface area contributed by atoms with Gasteiger partial charge in [0.25, 0.3) is 0 Å². The normalized spacial score (nSPS) is 13.0. The summed E-state index contributed by atoms with van der Waals surface area (Å²) in [4.78, 5) is 22.4. The maximum atomic E-state index is 12.4. The van der Waals surface area contributed by atoms with E-state index in [0.29, 0.717) is 5.02 Å². The number of ketones is 1. The quantitative estimate of drug-likeness (QED) is 0.440. The number of benzene rings is 1. The number of rotatable bonds is 6. The summed E-state index contributed by atoms with van der Waals surface area (Å²) in [6.45, 7) is 2.69. The molecule has 23 heavy (non-hydrogen) atoms. The van der Waals surface area contributed by atoms with Crippen molar-refractivity contribution in [3.63, 3.8) is 0 Å². The molecule has 1 atom stereocenters. The Morgan fingerprint density at radius 3 is 2.35 bits per heavy atom. The number of nitrogens with zero attached hydrogens (tertiary/aromatic N) is 1. The molecule has 0 fully saturated rings. The highest BCUT2D eigenvalue weighted by atomic mass is 35.5. The van der Waals surface area contributed by atoms with Gasteiger partial charge in [-0.2, -0.15) is 5.26 Å². The molecule has 1 rings (SSSR count). The molecule has 0 aromatic heterocycles. The number of Topliss-reactive ketones (excluding diaryl/α,β-unsaturated/α-hetero) is 1. The van der Waals surface area contributed by atoms with E-state index in [9.17, 15) is 18.0 Å². The molecule has 1 aromatic carbocycles. The molecule has 1 unspecified atom stereocenters. The van der Waals surface area contributed by atoms with Gasteiger partial charge in [0.2, 0.25) is 9.84 Å². The lowest BCUT2D eigenvalue weighted by atomic mass is 10.1. The number of allylic oxidation sites excluding steroid dienone is 1. The van der Waals surface area contributed by atoms with Crippen molar-refractivity contribution in [3.8, 4) is 6.07 Å². The van der Waals surface area contributed by atoms with E-state index in [1.165, 1.54) is 30.3 Å². The maximum Gasteiger partial charge on any atom is 0.320 e. The fourth-order valence-corrected chi connectivity index (χ4v) is 2.97. The summed E-state index contributed by atoms with van der Waals surface area (Å²) in [5.41, 5.74) is 0. The van der Waals surface area contributed by atoms with E-state index in [4.69, 9.17) is 21.6 Å². The molecule has 0 amide bonds. The van der Waals surface area contributed by atoms with Crippen molar-refractivity contribution in [2.45, 2.75) is 18.7 Å². The van der Waals surface area contributed by atoms with Crippen molar-refractivity contribution in [1.82, 2.24) is 0 Å². The SMILES string of the molecule is CCOC(=O)C(C=C(C#N)S(=O)(=O)c1ccc(Cl)cc1)C(C)=O. The summed E-state index contributed by atoms with van der Waals surface area (Å²) in [6.07, 6.45) is 0.810. The van der Waals surface area contributed by atoms with Crippen LogP contribution in [0.4, 0.5) is 0 Å². The monoisotopic (exact) mass is 355 g/mol. The highest BCUT2D eigenvalue weighted by Gasteiger charge is 2.28. The standard InChI is InChI=1S/C15H14ClNO5S/c1-3-22-15(19)14(10(2)18)8-13(9-17)23(20,21)12-6-4-11(16)5-7-12/h4-8,14H,3H2,1-2H3. The third kappa shape index (κ3) is 4.65. The number of hydrogen-bond donors (Lipinski definition) is 0. The van der Waals surface area contributed by atoms with E-state index in [1.54, 1.807) is 6.92 Å². The molecule has 122 valence electrons. The summed E-state index contributed by atoms with van der Waals surface area (Å²) in [7, 11) is -4.16. The van der Waals surface area contributed by atoms with Gasteiger partial charge in [0.1, 0.15) is 22.7 Å². The third-order valence-corrected chi connectivity index (χ3v) is 4.77. The van der Waals surface area contributed by atoms with Crippen molar-refractivity contribution < 1.29 is 22.7 Å². The van der Waals surface area contributed by atoms with Crippen molar-refractivity contribution in [3.05, 3.63) is 40.3 Å². The fourth-order valence-electron chi connectivity index (χ4n) is 1.66. The van der Waals surface area contributed by atoms with Crippen LogP contribution in [0, 0.1) is 17.2 Å². The molecule has 0 saturated heterocycles. The van der Waals surface area contributed by atoms with E-state index in [2.05, 4.69) is 0 Å². The fraction of sp³-hybridized carbons (Fsp3) is 0.267. The number of sulfone groups is 1. The predicted molar refractivity (Wildman–Crippen MR) is 83.1 cm³/mol. The predicted octanol–water partition coefficient (Wildman–Crippen LogP) is 2.29. The number of carbonyl (C=O) groups is 2. The largest absolute Gasteiger partial charge is 0.465 e. The minimum absolute atomic E-state index is 0.0300. The number of halogens is 1. The molecule has 0 bridgehead atoms. The summed E-state index contributed by atoms with van der Waals surface area (Å²) < 4.78 is 29.6. The Bertz CT molecular complexity index is 775. The molecule has 0 spiro atoms. The van der Waals surface area contributed by atoms with Crippen LogP contribution in [0.1, 0.15) is 13.8 Å². The van der Waals surface area contributed by atoms with Crippen LogP contribution in [0.15, 0.2) is 40.1 Å². The Labute approximate surface area is 139 Å². The van der Waals surface area contributed by atoms with Gasteiger partial charge in [-0.15, -0.1) is 0 Å². The van der Waals surface area contributed by atoms with Gasteiger partial charge in [0.15, 0.2) is 0 Å². The first kappa shape index (κ1) is 18.9. The Balaban J connectivity index is 3.34. The molecule has 0 saturated carbocycles. The van der Waals surface area contributed by atoms with Gasteiger partial charge in [-0.3, -0.25) is 9.59 Å². The number of ether oxygens (including phenoxy) is 1. The van der Waals surface area contributed by atoms with Crippen LogP contribution in [0.2, 0.25) is 5.02 Å². The minimum atomic E-state index is -4.16. The molecule has 6 nitrogen and oxygen atoms in total. The van der Waals surface area contributed by atoms with Crippen LogP contribution < -0.4 is 0 Å². The minimum Gasteiger partial charge on any atom is -0.465 e. The van der Waals surface area contributed by atoms with Gasteiger partial charge in [0.05, 0.1) is 11.5 Å². The van der Waals surface area contributed by atoms with E-state index in [-0.39, 0.29) is 11.5 Å². The second kappa shape index (κ2) is 7.90. The van der Waals surface area contributed by atoms with Crippen LogP contribution in [0.25, 0.3) is 0 Å². The van der Waals surface area contributed by atoms with Gasteiger partial charge in [-0.1, -0.05) is 11.6 Å². The van der Waals surface area contributed by atoms with E-state index >= 15 is 0 Å². The Morgan fingerprint density at radius 1 is 1.35 bits per heavy atom. The number of hydrogen-bond acceptors (Lipinski definition) is 6. The molecule has 1 aromatic rings. The summed E-state index contributed by atoms with van der Waals surface area (Å²) in [5.74, 6) is -2.98. The van der Waals surface area contributed by atoms with Crippen molar-refractivity contribution >= 4 is 33.2 Å². The summed E-state index contributed by atoms with van der Waals surface area (Å²) >= 11 is 5.70. The highest BCUT2D eigenvalue weighted by molar-refractivity contribution is 7.95. The van der Waals surface area contributed by atoms with Crippen LogP contribution in [-0.2, 0) is 24.2 Å². The van der Waals surface area contributed by atoms with Crippen molar-refractivity contribution in [2.75, 3.05) is 6.61 Å². The van der Waals surface area contributed by atoms with Gasteiger partial charge >= 0.3 is 5.97 Å². The number of carbonyl (C=O) groups excluding carboxylic acids is 2. The lowest BCUT2D eigenvalue weighted by Gasteiger charge is -2.09. The van der Waals surface area contributed by atoms with Gasteiger partial charge < -0.3 is 4.74 Å². The lowest BCUT2D eigenvalue weighted by molar-refractivity contribution is -0.149. The molecule has 0 aliphatic carbocycles. The number of nitriles is 1. The average Bonchev–Trinajstić information content (AvgIpc) is 2.48. The molecule has 0 radical (unpaired) electrons. The third-order valence-electron chi connectivity index (χ3n) is 2.82. The first-order valence-corrected chi connectivity index (χ1v) is 8.39. The molecule has 0 heterocycles. The smallest absolute Gasteiger partial charge is 0.320 e. The Morgan fingerprint density at radius 2 is 1.91 bits per heavy atom. The van der Waals surface area contributed by atoms with Gasteiger partial charge in [-0.25, -0.2) is 8.42 Å². The molecular formula is C15H14ClNO5S. The maximum absolute atomic E-state index is 12.4. The zero-order valence-electron chi connectivity index (χ0n) is 12.4. The Hall–Kier alpha value is -2.17. The summed E-state index contributed by atoms with van der Waals surface area (Å²) in [5, 5.41) is 9.47. The van der Waals surface area contributed by atoms with Crippen LogP contribution in [0.5, 0.6) is 0 Å². The van der Waals surface area contributed by atoms with Crippen molar-refractivity contribution in [2.24, 2.45) is 5.92 Å². The van der Waals surface area contributed by atoms with Gasteiger partial charge in [0, 0.05) is 5.02 Å². The van der Waals surface area contributed by atoms with Crippen LogP contribution in [0.3, 0.4) is 0 Å². The van der Waals surface area contributed by atoms with Crippen LogP contribution in [-0.4, -0.2) is 26.8 Å². The van der Waals surface area contributed by atoms with Crippen molar-refractivity contribution in [1.29, 1.82) is 5.26 Å². The number of esters is 1. The van der Waals surface area contributed by atoms with E-state index in [0.717, 1.165) is 13.0 Å².